The second kappa shape index (κ2) is 6.79. The molecule has 1 aromatic heterocycles. The summed E-state index contributed by atoms with van der Waals surface area (Å²) in [5.74, 6) is -2.19. The Labute approximate surface area is 163 Å². The van der Waals surface area contributed by atoms with Gasteiger partial charge in [0.2, 0.25) is 5.91 Å². The van der Waals surface area contributed by atoms with Crippen molar-refractivity contribution in [3.8, 4) is 11.1 Å². The normalized spacial score (nSPS) is 15.9. The Hall–Kier alpha value is -2.70. The number of benzene rings is 2. The standard InChI is InChI=1S/C20H13ClFNO3S/c21-14-8-11(22)6-7-12(14)13-9-15(24)23-17-16(10-4-2-1-3-5-10)19(20(25)26)27-18(13)17/h1-8,13H,9H2,(H,23,24)(H,25,26)/t13-/m1/s1. The van der Waals surface area contributed by atoms with Gasteiger partial charge in [-0.15, -0.1) is 11.3 Å². The first-order valence-electron chi connectivity index (χ1n) is 8.16. The van der Waals surface area contributed by atoms with Crippen LogP contribution in [0.1, 0.15) is 32.5 Å². The third-order valence-electron chi connectivity index (χ3n) is 4.50. The van der Waals surface area contributed by atoms with Crippen molar-refractivity contribution in [2.45, 2.75) is 12.3 Å². The molecule has 0 unspecified atom stereocenters. The fourth-order valence-corrected chi connectivity index (χ4v) is 4.89. The number of carboxylic acids is 1. The van der Waals surface area contributed by atoms with Crippen LogP contribution in [-0.4, -0.2) is 17.0 Å². The van der Waals surface area contributed by atoms with E-state index < -0.39 is 17.7 Å². The van der Waals surface area contributed by atoms with Gasteiger partial charge in [-0.1, -0.05) is 48.0 Å². The highest BCUT2D eigenvalue weighted by atomic mass is 35.5. The molecule has 0 fully saturated rings. The zero-order valence-electron chi connectivity index (χ0n) is 13.8. The van der Waals surface area contributed by atoms with Crippen LogP contribution in [0.25, 0.3) is 11.1 Å². The average molecular weight is 402 g/mol. The lowest BCUT2D eigenvalue weighted by molar-refractivity contribution is -0.116. The number of thiophene rings is 1. The van der Waals surface area contributed by atoms with Crippen molar-refractivity contribution in [2.24, 2.45) is 0 Å². The number of anilines is 1. The molecule has 27 heavy (non-hydrogen) atoms. The Balaban J connectivity index is 1.95. The summed E-state index contributed by atoms with van der Waals surface area (Å²) >= 11 is 7.34. The molecule has 1 atom stereocenters. The molecule has 0 spiro atoms. The van der Waals surface area contributed by atoms with Gasteiger partial charge in [-0.25, -0.2) is 9.18 Å². The van der Waals surface area contributed by atoms with Crippen LogP contribution in [0, 0.1) is 5.82 Å². The van der Waals surface area contributed by atoms with E-state index in [2.05, 4.69) is 5.32 Å². The fourth-order valence-electron chi connectivity index (χ4n) is 3.35. The number of nitrogens with one attached hydrogen (secondary N) is 1. The van der Waals surface area contributed by atoms with Gasteiger partial charge in [0.25, 0.3) is 0 Å². The lowest BCUT2D eigenvalue weighted by atomic mass is 9.88. The average Bonchev–Trinajstić information content (AvgIpc) is 3.01. The number of carbonyl (C=O) groups is 2. The molecule has 7 heteroatoms. The Morgan fingerprint density at radius 1 is 1.22 bits per heavy atom. The second-order valence-electron chi connectivity index (χ2n) is 6.19. The van der Waals surface area contributed by atoms with E-state index in [4.69, 9.17) is 11.6 Å². The van der Waals surface area contributed by atoms with E-state index in [1.165, 1.54) is 12.1 Å². The first-order chi connectivity index (χ1) is 13.0. The van der Waals surface area contributed by atoms with E-state index in [0.717, 1.165) is 11.3 Å². The number of aromatic carboxylic acids is 1. The van der Waals surface area contributed by atoms with Gasteiger partial charge in [-0.3, -0.25) is 4.79 Å². The monoisotopic (exact) mass is 401 g/mol. The summed E-state index contributed by atoms with van der Waals surface area (Å²) in [6.45, 7) is 0. The van der Waals surface area contributed by atoms with Crippen LogP contribution in [0.2, 0.25) is 5.02 Å². The maximum absolute atomic E-state index is 13.4. The third kappa shape index (κ3) is 3.11. The summed E-state index contributed by atoms with van der Waals surface area (Å²) in [6, 6.07) is 13.1. The SMILES string of the molecule is O=C1C[C@H](c2ccc(F)cc2Cl)c2sc(C(=O)O)c(-c3ccccc3)c2N1. The number of amides is 1. The van der Waals surface area contributed by atoms with Crippen LogP contribution < -0.4 is 5.32 Å². The molecule has 4 nitrogen and oxygen atoms in total. The minimum atomic E-state index is -1.06. The van der Waals surface area contributed by atoms with E-state index in [1.807, 2.05) is 18.2 Å². The van der Waals surface area contributed by atoms with Gasteiger partial charge in [-0.2, -0.15) is 0 Å². The van der Waals surface area contributed by atoms with Crippen LogP contribution in [0.3, 0.4) is 0 Å². The molecule has 0 saturated carbocycles. The van der Waals surface area contributed by atoms with Crippen molar-refractivity contribution in [1.29, 1.82) is 0 Å². The maximum Gasteiger partial charge on any atom is 0.346 e. The molecule has 2 aromatic carbocycles. The van der Waals surface area contributed by atoms with Gasteiger partial charge < -0.3 is 10.4 Å². The minimum Gasteiger partial charge on any atom is -0.477 e. The zero-order chi connectivity index (χ0) is 19.1. The predicted molar refractivity (Wildman–Crippen MR) is 103 cm³/mol. The Morgan fingerprint density at radius 3 is 2.63 bits per heavy atom. The molecule has 2 N–H and O–H groups in total. The van der Waals surface area contributed by atoms with E-state index in [-0.39, 0.29) is 22.2 Å². The smallest absolute Gasteiger partial charge is 0.346 e. The molecule has 136 valence electrons. The van der Waals surface area contributed by atoms with Crippen LogP contribution in [-0.2, 0) is 4.79 Å². The van der Waals surface area contributed by atoms with Crippen molar-refractivity contribution in [1.82, 2.24) is 0 Å². The molecule has 2 heterocycles. The number of halogens is 2. The number of rotatable bonds is 3. The first-order valence-corrected chi connectivity index (χ1v) is 9.35. The van der Waals surface area contributed by atoms with E-state index >= 15 is 0 Å². The summed E-state index contributed by atoms with van der Waals surface area (Å²) in [6.07, 6.45) is 0.117. The number of carbonyl (C=O) groups excluding carboxylic acids is 1. The highest BCUT2D eigenvalue weighted by Crippen LogP contribution is 2.50. The third-order valence-corrected chi connectivity index (χ3v) is 6.12. The van der Waals surface area contributed by atoms with Crippen molar-refractivity contribution < 1.29 is 19.1 Å². The van der Waals surface area contributed by atoms with Gasteiger partial charge in [0.15, 0.2) is 0 Å². The number of hydrogen-bond acceptors (Lipinski definition) is 3. The van der Waals surface area contributed by atoms with Gasteiger partial charge in [0.1, 0.15) is 10.7 Å². The molecule has 1 amide bonds. The summed E-state index contributed by atoms with van der Waals surface area (Å²) in [4.78, 5) is 25.1. The van der Waals surface area contributed by atoms with Crippen LogP contribution in [0.15, 0.2) is 48.5 Å². The molecule has 0 radical (unpaired) electrons. The van der Waals surface area contributed by atoms with Gasteiger partial charge >= 0.3 is 5.97 Å². The summed E-state index contributed by atoms with van der Waals surface area (Å²) in [5, 5.41) is 12.8. The molecular formula is C20H13ClFNO3S. The summed E-state index contributed by atoms with van der Waals surface area (Å²) < 4.78 is 13.4. The predicted octanol–water partition coefficient (Wildman–Crippen LogP) is 5.38. The molecule has 0 aliphatic carbocycles. The van der Waals surface area contributed by atoms with E-state index in [9.17, 15) is 19.1 Å². The van der Waals surface area contributed by atoms with Crippen LogP contribution in [0.5, 0.6) is 0 Å². The largest absolute Gasteiger partial charge is 0.477 e. The van der Waals surface area contributed by atoms with Crippen LogP contribution >= 0.6 is 22.9 Å². The molecule has 4 rings (SSSR count). The Kier molecular flexibility index (Phi) is 4.45. The van der Waals surface area contributed by atoms with Crippen LogP contribution in [0.4, 0.5) is 10.1 Å². The molecule has 1 aliphatic heterocycles. The van der Waals surface area contributed by atoms with E-state index in [0.29, 0.717) is 27.3 Å². The van der Waals surface area contributed by atoms with Gasteiger partial charge in [0.05, 0.1) is 5.69 Å². The highest BCUT2D eigenvalue weighted by Gasteiger charge is 2.35. The van der Waals surface area contributed by atoms with Crippen molar-refractivity contribution in [2.75, 3.05) is 5.32 Å². The van der Waals surface area contributed by atoms with Crippen molar-refractivity contribution in [3.05, 3.63) is 74.7 Å². The molecule has 0 bridgehead atoms. The number of carboxylic acid groups (broad SMARTS) is 1. The first kappa shape index (κ1) is 17.7. The Bertz CT molecular complexity index is 1060. The quantitative estimate of drug-likeness (QED) is 0.619. The highest BCUT2D eigenvalue weighted by molar-refractivity contribution is 7.15. The van der Waals surface area contributed by atoms with Gasteiger partial charge in [0, 0.05) is 27.8 Å². The topological polar surface area (TPSA) is 66.4 Å². The number of fused-ring (bicyclic) bond motifs is 1. The Morgan fingerprint density at radius 2 is 1.96 bits per heavy atom. The molecule has 3 aromatic rings. The van der Waals surface area contributed by atoms with Crippen molar-refractivity contribution >= 4 is 40.5 Å². The summed E-state index contributed by atoms with van der Waals surface area (Å²) in [5.41, 5.74) is 2.29. The van der Waals surface area contributed by atoms with E-state index in [1.54, 1.807) is 18.2 Å². The zero-order valence-corrected chi connectivity index (χ0v) is 15.4. The summed E-state index contributed by atoms with van der Waals surface area (Å²) in [7, 11) is 0. The second-order valence-corrected chi connectivity index (χ2v) is 7.65. The molecular weight excluding hydrogens is 389 g/mol. The molecule has 1 aliphatic rings. The maximum atomic E-state index is 13.4. The van der Waals surface area contributed by atoms with Crippen molar-refractivity contribution in [3.63, 3.8) is 0 Å². The number of hydrogen-bond donors (Lipinski definition) is 2. The van der Waals surface area contributed by atoms with Gasteiger partial charge in [-0.05, 0) is 23.3 Å². The lowest BCUT2D eigenvalue weighted by Crippen LogP contribution is -2.22. The fraction of sp³-hybridized carbons (Fsp3) is 0.100. The lowest BCUT2D eigenvalue weighted by Gasteiger charge is -2.24. The minimum absolute atomic E-state index is 0.117. The molecule has 0 saturated heterocycles.